The van der Waals surface area contributed by atoms with E-state index in [1.807, 2.05) is 13.8 Å². The first kappa shape index (κ1) is 38.9. The van der Waals surface area contributed by atoms with E-state index < -0.39 is 0 Å². The minimum Gasteiger partial charge on any atom is -0.143 e. The number of thiol groups is 1. The fourth-order valence-electron chi connectivity index (χ4n) is 7.13. The molecule has 1 heteroatoms. The lowest BCUT2D eigenvalue weighted by molar-refractivity contribution is 1.07. The van der Waals surface area contributed by atoms with Gasteiger partial charge in [0.15, 0.2) is 0 Å². The Morgan fingerprint density at radius 2 is 0.596 bits per heavy atom. The third-order valence-corrected chi connectivity index (χ3v) is 11.6. The molecule has 6 rings (SSSR count). The lowest BCUT2D eigenvalue weighted by atomic mass is 9.85. The number of hydrogen-bond donors (Lipinski definition) is 1. The van der Waals surface area contributed by atoms with Gasteiger partial charge in [0.2, 0.25) is 0 Å². The molecule has 0 saturated carbocycles. The lowest BCUT2D eigenvalue weighted by Crippen LogP contribution is -2.03. The largest absolute Gasteiger partial charge is 0.143 e. The minimum atomic E-state index is 0.879. The predicted molar refractivity (Wildman–Crippen MR) is 230 cm³/mol. The Kier molecular flexibility index (Phi) is 12.7. The van der Waals surface area contributed by atoms with Crippen LogP contribution in [0.5, 0.6) is 0 Å². The Bertz CT molecular complexity index is 1910. The van der Waals surface area contributed by atoms with Crippen molar-refractivity contribution in [1.29, 1.82) is 0 Å². The van der Waals surface area contributed by atoms with Crippen LogP contribution >= 0.6 is 12.6 Å². The number of rotatable bonds is 9. The second kappa shape index (κ2) is 17.0. The molecule has 52 heavy (non-hydrogen) atoms. The Morgan fingerprint density at radius 3 is 0.865 bits per heavy atom. The van der Waals surface area contributed by atoms with Crippen LogP contribution in [-0.2, 0) is 25.7 Å². The summed E-state index contributed by atoms with van der Waals surface area (Å²) in [5.41, 5.74) is 25.7. The number of aryl methyl sites for hydroxylation is 7. The highest BCUT2D eigenvalue weighted by atomic mass is 32.1. The normalized spacial score (nSPS) is 11.0. The first-order chi connectivity index (χ1) is 24.8. The van der Waals surface area contributed by atoms with Gasteiger partial charge in [-0.3, -0.25) is 0 Å². The zero-order chi connectivity index (χ0) is 37.7. The van der Waals surface area contributed by atoms with E-state index in [4.69, 9.17) is 12.6 Å². The maximum Gasteiger partial charge on any atom is 0.00720 e. The predicted octanol–water partition coefficient (Wildman–Crippen LogP) is 13.8. The van der Waals surface area contributed by atoms with E-state index in [1.54, 1.807) is 0 Å². The monoisotopic (exact) mass is 702 g/mol. The average Bonchev–Trinajstić information content (AvgIpc) is 3.12. The maximum absolute atomic E-state index is 4.78. The quantitative estimate of drug-likeness (QED) is 0.142. The molecular weight excluding hydrogens is 645 g/mol. The molecule has 0 N–H and O–H groups in total. The average molecular weight is 703 g/mol. The zero-order valence-corrected chi connectivity index (χ0v) is 34.4. The molecule has 0 saturated heterocycles. The van der Waals surface area contributed by atoms with Gasteiger partial charge in [-0.05, 0) is 200 Å². The molecule has 0 aliphatic heterocycles. The molecule has 0 spiro atoms. The summed E-state index contributed by atoms with van der Waals surface area (Å²) < 4.78 is 0. The molecule has 0 fully saturated rings. The summed E-state index contributed by atoms with van der Waals surface area (Å²) in [6.07, 6.45) is 3.63. The molecule has 6 aromatic carbocycles. The van der Waals surface area contributed by atoms with Crippen LogP contribution in [0.25, 0.3) is 11.1 Å². The third kappa shape index (κ3) is 9.17. The van der Waals surface area contributed by atoms with E-state index in [1.165, 1.54) is 106 Å². The third-order valence-electron chi connectivity index (χ3n) is 11.1. The van der Waals surface area contributed by atoms with Crippen molar-refractivity contribution in [2.24, 2.45) is 0 Å². The molecule has 0 bridgehead atoms. The molecule has 0 aliphatic rings. The Balaban J connectivity index is 0.00000257. The van der Waals surface area contributed by atoms with Crippen LogP contribution in [0.3, 0.4) is 0 Å². The smallest absolute Gasteiger partial charge is 0.00720 e. The molecule has 0 atom stereocenters. The number of hydrogen-bond acceptors (Lipinski definition) is 1. The van der Waals surface area contributed by atoms with Crippen molar-refractivity contribution in [3.05, 3.63) is 192 Å². The molecule has 0 aliphatic carbocycles. The van der Waals surface area contributed by atoms with E-state index in [9.17, 15) is 0 Å². The van der Waals surface area contributed by atoms with Gasteiger partial charge in [-0.25, -0.2) is 0 Å². The minimum absolute atomic E-state index is 0.879. The molecule has 0 radical (unpaired) electrons. The van der Waals surface area contributed by atoms with Crippen LogP contribution in [0.1, 0.15) is 108 Å². The Hall–Kier alpha value is -4.33. The van der Waals surface area contributed by atoms with Crippen LogP contribution in [0.2, 0.25) is 0 Å². The summed E-state index contributed by atoms with van der Waals surface area (Å²) in [4.78, 5) is 1.05. The van der Waals surface area contributed by atoms with Gasteiger partial charge in [0.25, 0.3) is 0 Å². The van der Waals surface area contributed by atoms with Crippen molar-refractivity contribution in [2.75, 3.05) is 0 Å². The van der Waals surface area contributed by atoms with Crippen LogP contribution in [0.15, 0.2) is 102 Å². The zero-order valence-electron chi connectivity index (χ0n) is 33.5. The molecule has 6 aromatic rings. The summed E-state index contributed by atoms with van der Waals surface area (Å²) >= 11 is 4.78. The van der Waals surface area contributed by atoms with E-state index in [-0.39, 0.29) is 0 Å². The van der Waals surface area contributed by atoms with Gasteiger partial charge in [0.05, 0.1) is 0 Å². The summed E-state index contributed by atoms with van der Waals surface area (Å²) in [7, 11) is 0. The van der Waals surface area contributed by atoms with Gasteiger partial charge >= 0.3 is 0 Å². The van der Waals surface area contributed by atoms with Crippen LogP contribution in [-0.4, -0.2) is 0 Å². The van der Waals surface area contributed by atoms with Crippen molar-refractivity contribution in [3.8, 4) is 11.1 Å². The van der Waals surface area contributed by atoms with Gasteiger partial charge in [0, 0.05) is 4.90 Å². The Morgan fingerprint density at radius 1 is 0.327 bits per heavy atom. The van der Waals surface area contributed by atoms with E-state index in [0.717, 1.165) is 30.6 Å². The van der Waals surface area contributed by atoms with Crippen molar-refractivity contribution in [1.82, 2.24) is 0 Å². The van der Waals surface area contributed by atoms with Crippen LogP contribution in [0.4, 0.5) is 0 Å². The van der Waals surface area contributed by atoms with Crippen LogP contribution < -0.4 is 0 Å². The van der Waals surface area contributed by atoms with Gasteiger partial charge < -0.3 is 0 Å². The standard InChI is InChI=1S/C49H52S.C2H6/c1-30-10-14-39(18-34(30)5)21-43-26-47(27-44(37(43)8)22-40-15-11-31(2)35(6)19-40)48-28-45(23-41-16-12-32(3)36(7)20-41)38(9)46(29-48)24-42-17-13-33(4)49(50)25-42;1-2/h10-20,25-29,50H,21-24H2,1-9H3;1-2H3. The second-order valence-electron chi connectivity index (χ2n) is 14.9. The highest BCUT2D eigenvalue weighted by Gasteiger charge is 2.16. The van der Waals surface area contributed by atoms with E-state index >= 15 is 0 Å². The molecule has 0 heterocycles. The second-order valence-corrected chi connectivity index (χ2v) is 15.4. The SMILES string of the molecule is CC.Cc1ccc(Cc2cc(-c3cc(Cc4ccc(C)c(C)c4)c(C)c(Cc4ccc(C)c(S)c4)c3)cc(Cc3ccc(C)c(C)c3)c2C)cc1C. The summed E-state index contributed by atoms with van der Waals surface area (Å²) in [5, 5.41) is 0. The van der Waals surface area contributed by atoms with Gasteiger partial charge in [-0.15, -0.1) is 12.6 Å². The summed E-state index contributed by atoms with van der Waals surface area (Å²) in [6.45, 7) is 24.0. The molecule has 0 amide bonds. The summed E-state index contributed by atoms with van der Waals surface area (Å²) in [5.74, 6) is 0. The highest BCUT2D eigenvalue weighted by molar-refractivity contribution is 7.80. The molecule has 268 valence electrons. The molecular formula is C51H58S. The van der Waals surface area contributed by atoms with Gasteiger partial charge in [-0.2, -0.15) is 0 Å². The van der Waals surface area contributed by atoms with Gasteiger partial charge in [-0.1, -0.05) is 105 Å². The number of benzene rings is 6. The van der Waals surface area contributed by atoms with Gasteiger partial charge in [0.1, 0.15) is 0 Å². The fraction of sp³-hybridized carbons (Fsp3) is 0.294. The van der Waals surface area contributed by atoms with E-state index in [2.05, 4.69) is 159 Å². The first-order valence-corrected chi connectivity index (χ1v) is 19.5. The fourth-order valence-corrected chi connectivity index (χ4v) is 7.37. The molecule has 0 aromatic heterocycles. The van der Waals surface area contributed by atoms with Crippen molar-refractivity contribution >= 4 is 12.6 Å². The van der Waals surface area contributed by atoms with Crippen molar-refractivity contribution in [2.45, 2.75) is 107 Å². The van der Waals surface area contributed by atoms with Crippen LogP contribution in [0, 0.1) is 62.3 Å². The topological polar surface area (TPSA) is 0 Å². The lowest BCUT2D eigenvalue weighted by Gasteiger charge is -2.19. The Labute approximate surface area is 320 Å². The van der Waals surface area contributed by atoms with Crippen molar-refractivity contribution < 1.29 is 0 Å². The first-order valence-electron chi connectivity index (χ1n) is 19.1. The molecule has 0 unspecified atom stereocenters. The van der Waals surface area contributed by atoms with Crippen molar-refractivity contribution in [3.63, 3.8) is 0 Å². The molecule has 0 nitrogen and oxygen atoms in total. The summed E-state index contributed by atoms with van der Waals surface area (Å²) in [6, 6.07) is 37.4. The van der Waals surface area contributed by atoms with E-state index in [0.29, 0.717) is 0 Å². The maximum atomic E-state index is 4.78. The highest BCUT2D eigenvalue weighted by Crippen LogP contribution is 2.34.